The van der Waals surface area contributed by atoms with E-state index < -0.39 is 12.1 Å². The van der Waals surface area contributed by atoms with E-state index >= 15 is 0 Å². The molecule has 9 nitrogen and oxygen atoms in total. The molecule has 2 rings (SSSR count). The van der Waals surface area contributed by atoms with Gasteiger partial charge in [-0.05, 0) is 48.7 Å². The van der Waals surface area contributed by atoms with Crippen LogP contribution in [0.25, 0.3) is 6.08 Å². The van der Waals surface area contributed by atoms with Crippen molar-refractivity contribution in [2.24, 2.45) is 0 Å². The van der Waals surface area contributed by atoms with Crippen molar-refractivity contribution in [3.8, 4) is 5.75 Å². The van der Waals surface area contributed by atoms with Crippen LogP contribution in [0.3, 0.4) is 0 Å². The first kappa shape index (κ1) is 37.3. The van der Waals surface area contributed by atoms with Crippen LogP contribution in [-0.4, -0.2) is 57.3 Å². The van der Waals surface area contributed by atoms with Gasteiger partial charge in [0.15, 0.2) is 6.17 Å². The lowest BCUT2D eigenvalue weighted by molar-refractivity contribution is -0.126. The van der Waals surface area contributed by atoms with E-state index in [2.05, 4.69) is 28.2 Å². The van der Waals surface area contributed by atoms with Gasteiger partial charge in [0.2, 0.25) is 11.8 Å². The van der Waals surface area contributed by atoms with E-state index in [-0.39, 0.29) is 11.8 Å². The lowest BCUT2D eigenvalue weighted by atomic mass is 10.1. The molecule has 0 aliphatic heterocycles. The van der Waals surface area contributed by atoms with Crippen molar-refractivity contribution >= 4 is 29.5 Å². The number of hydrogen-bond acceptors (Lipinski definition) is 6. The van der Waals surface area contributed by atoms with Crippen LogP contribution in [0.5, 0.6) is 5.75 Å². The van der Waals surface area contributed by atoms with Crippen LogP contribution in [0.1, 0.15) is 89.5 Å². The Morgan fingerprint density at radius 1 is 0.756 bits per heavy atom. The van der Waals surface area contributed by atoms with Gasteiger partial charge < -0.3 is 30.7 Å². The van der Waals surface area contributed by atoms with Gasteiger partial charge in [-0.3, -0.25) is 14.4 Å². The van der Waals surface area contributed by atoms with Crippen LogP contribution in [0, 0.1) is 0 Å². The summed E-state index contributed by atoms with van der Waals surface area (Å²) in [6.45, 7) is 4.07. The van der Waals surface area contributed by atoms with E-state index in [9.17, 15) is 14.4 Å². The Kier molecular flexibility index (Phi) is 20.3. The molecule has 3 amide bonds. The molecule has 4 N–H and O–H groups in total. The summed E-state index contributed by atoms with van der Waals surface area (Å²) in [5, 5.41) is 11.5. The molecule has 0 spiro atoms. The highest BCUT2D eigenvalue weighted by atomic mass is 16.5. The van der Waals surface area contributed by atoms with Crippen molar-refractivity contribution in [2.45, 2.75) is 90.1 Å². The van der Waals surface area contributed by atoms with Gasteiger partial charge in [-0.25, -0.2) is 0 Å². The van der Waals surface area contributed by atoms with E-state index in [1.807, 2.05) is 30.3 Å². The van der Waals surface area contributed by atoms with Crippen molar-refractivity contribution in [1.82, 2.24) is 16.0 Å². The molecule has 1 unspecified atom stereocenters. The molecule has 0 saturated carbocycles. The molecule has 0 radical (unpaired) electrons. The molecule has 9 heteroatoms. The monoisotopic (exact) mass is 622 g/mol. The predicted molar refractivity (Wildman–Crippen MR) is 182 cm³/mol. The fraction of sp³-hybridized carbons (Fsp3) is 0.528. The molecule has 0 saturated heterocycles. The van der Waals surface area contributed by atoms with E-state index in [1.165, 1.54) is 63.9 Å². The standard InChI is InChI=1S/C36H54N4O5/c1-3-4-5-6-7-8-9-10-11-15-26-37-33(41)19-16-28-45-32-23-21-31(22-24-32)39-35(36(43)38-27-29-44-2)40-34(42)25-20-30-17-13-12-14-18-30/h12-14,17-18,20-25,35,39H,3-11,15-16,19,26-29H2,1-2H3,(H,37,41)(H,38,43)(H,40,42)/b25-20-. The SMILES string of the molecule is CCCCCCCCCCCCNC(=O)CCCOc1ccc(NC(NC(=O)/C=C\c2ccccc2)C(=O)NCCOC)cc1. The molecule has 0 aliphatic carbocycles. The van der Waals surface area contributed by atoms with Gasteiger partial charge in [0.25, 0.3) is 5.91 Å². The number of carbonyl (C=O) groups is 3. The van der Waals surface area contributed by atoms with E-state index in [4.69, 9.17) is 9.47 Å². The third-order valence-corrected chi connectivity index (χ3v) is 7.22. The molecular weight excluding hydrogens is 568 g/mol. The summed E-state index contributed by atoms with van der Waals surface area (Å²) in [5.74, 6) is -0.0854. The number of nitrogens with one attached hydrogen (secondary N) is 4. The molecule has 0 fully saturated rings. The molecule has 2 aromatic rings. The molecule has 0 bridgehead atoms. The number of ether oxygens (including phenoxy) is 2. The molecule has 248 valence electrons. The van der Waals surface area contributed by atoms with Crippen molar-refractivity contribution in [3.05, 3.63) is 66.2 Å². The van der Waals surface area contributed by atoms with Crippen molar-refractivity contribution in [3.63, 3.8) is 0 Å². The average molecular weight is 623 g/mol. The Bertz CT molecular complexity index is 1110. The predicted octanol–water partition coefficient (Wildman–Crippen LogP) is 6.21. The van der Waals surface area contributed by atoms with Gasteiger partial charge in [-0.2, -0.15) is 0 Å². The van der Waals surface area contributed by atoms with E-state index in [0.29, 0.717) is 44.0 Å². The minimum atomic E-state index is -1.000. The van der Waals surface area contributed by atoms with Gasteiger partial charge >= 0.3 is 0 Å². The van der Waals surface area contributed by atoms with Gasteiger partial charge in [-0.15, -0.1) is 0 Å². The van der Waals surface area contributed by atoms with Gasteiger partial charge in [-0.1, -0.05) is 95.0 Å². The summed E-state index contributed by atoms with van der Waals surface area (Å²) < 4.78 is 10.8. The van der Waals surface area contributed by atoms with Crippen LogP contribution < -0.4 is 26.0 Å². The maximum absolute atomic E-state index is 12.8. The van der Waals surface area contributed by atoms with Gasteiger partial charge in [0.05, 0.1) is 13.2 Å². The van der Waals surface area contributed by atoms with Gasteiger partial charge in [0.1, 0.15) is 5.75 Å². The Labute approximate surface area is 269 Å². The molecule has 0 aliphatic rings. The fourth-order valence-corrected chi connectivity index (χ4v) is 4.64. The number of amides is 3. The van der Waals surface area contributed by atoms with Crippen LogP contribution >= 0.6 is 0 Å². The molecule has 2 aromatic carbocycles. The lowest BCUT2D eigenvalue weighted by Gasteiger charge is -2.20. The van der Waals surface area contributed by atoms with Crippen LogP contribution in [-0.2, 0) is 19.1 Å². The maximum Gasteiger partial charge on any atom is 0.263 e. The number of unbranched alkanes of at least 4 members (excludes halogenated alkanes) is 9. The Balaban J connectivity index is 1.67. The third-order valence-electron chi connectivity index (χ3n) is 7.22. The summed E-state index contributed by atoms with van der Waals surface area (Å²) in [6, 6.07) is 16.6. The van der Waals surface area contributed by atoms with Crippen LogP contribution in [0.15, 0.2) is 60.7 Å². The first-order valence-corrected chi connectivity index (χ1v) is 16.6. The zero-order chi connectivity index (χ0) is 32.4. The average Bonchev–Trinajstić information content (AvgIpc) is 3.05. The highest BCUT2D eigenvalue weighted by Crippen LogP contribution is 2.17. The second-order valence-corrected chi connectivity index (χ2v) is 11.1. The Morgan fingerprint density at radius 3 is 2.09 bits per heavy atom. The quantitative estimate of drug-likeness (QED) is 0.0594. The van der Waals surface area contributed by atoms with Crippen LogP contribution in [0.4, 0.5) is 5.69 Å². The smallest absolute Gasteiger partial charge is 0.263 e. The number of benzene rings is 2. The number of carbonyl (C=O) groups excluding carboxylic acids is 3. The first-order chi connectivity index (χ1) is 22.0. The van der Waals surface area contributed by atoms with E-state index in [1.54, 1.807) is 37.5 Å². The second-order valence-electron chi connectivity index (χ2n) is 11.1. The molecular formula is C36H54N4O5. The molecule has 1 atom stereocenters. The summed E-state index contributed by atoms with van der Waals surface area (Å²) in [7, 11) is 1.55. The highest BCUT2D eigenvalue weighted by Gasteiger charge is 2.19. The third kappa shape index (κ3) is 18.5. The number of methoxy groups -OCH3 is 1. The summed E-state index contributed by atoms with van der Waals surface area (Å²) in [4.78, 5) is 37.5. The Hall–Kier alpha value is -3.85. The molecule has 0 aromatic heterocycles. The second kappa shape index (κ2) is 24.5. The molecule has 45 heavy (non-hydrogen) atoms. The van der Waals surface area contributed by atoms with E-state index in [0.717, 1.165) is 18.5 Å². The minimum Gasteiger partial charge on any atom is -0.494 e. The first-order valence-electron chi connectivity index (χ1n) is 16.6. The molecule has 0 heterocycles. The number of hydrogen-bond donors (Lipinski definition) is 4. The number of anilines is 1. The topological polar surface area (TPSA) is 118 Å². The van der Waals surface area contributed by atoms with Crippen molar-refractivity contribution in [1.29, 1.82) is 0 Å². The van der Waals surface area contributed by atoms with Crippen molar-refractivity contribution < 1.29 is 23.9 Å². The zero-order valence-electron chi connectivity index (χ0n) is 27.3. The summed E-state index contributed by atoms with van der Waals surface area (Å²) in [5.41, 5.74) is 1.51. The normalized spacial score (nSPS) is 11.6. The maximum atomic E-state index is 12.8. The summed E-state index contributed by atoms with van der Waals surface area (Å²) in [6.07, 6.45) is 15.9. The summed E-state index contributed by atoms with van der Waals surface area (Å²) >= 11 is 0. The van der Waals surface area contributed by atoms with Gasteiger partial charge in [0, 0.05) is 38.4 Å². The Morgan fingerprint density at radius 2 is 1.42 bits per heavy atom. The highest BCUT2D eigenvalue weighted by molar-refractivity contribution is 5.96. The van der Waals surface area contributed by atoms with Crippen molar-refractivity contribution in [2.75, 3.05) is 38.7 Å². The number of rotatable bonds is 25. The minimum absolute atomic E-state index is 0.0598. The largest absolute Gasteiger partial charge is 0.494 e. The van der Waals surface area contributed by atoms with Crippen LogP contribution in [0.2, 0.25) is 0 Å². The fourth-order valence-electron chi connectivity index (χ4n) is 4.64. The zero-order valence-corrected chi connectivity index (χ0v) is 27.3. The lowest BCUT2D eigenvalue weighted by Crippen LogP contribution is -2.51.